The summed E-state index contributed by atoms with van der Waals surface area (Å²) in [6.45, 7) is 2.06. The van der Waals surface area contributed by atoms with Crippen LogP contribution in [0.25, 0.3) is 0 Å². The molecule has 84 valence electrons. The second-order valence-electron chi connectivity index (χ2n) is 3.66. The fourth-order valence-electron chi connectivity index (χ4n) is 1.38. The van der Waals surface area contributed by atoms with Crippen molar-refractivity contribution in [2.45, 2.75) is 31.9 Å². The van der Waals surface area contributed by atoms with Crippen molar-refractivity contribution >= 4 is 9.84 Å². The minimum atomic E-state index is -2.95. The molecule has 0 saturated heterocycles. The van der Waals surface area contributed by atoms with Crippen molar-refractivity contribution in [1.82, 2.24) is 4.98 Å². The summed E-state index contributed by atoms with van der Waals surface area (Å²) in [4.78, 5) is 3.90. The van der Waals surface area contributed by atoms with Gasteiger partial charge in [0.25, 0.3) is 0 Å². The van der Waals surface area contributed by atoms with Crippen molar-refractivity contribution in [2.24, 2.45) is 0 Å². The van der Waals surface area contributed by atoms with Gasteiger partial charge >= 0.3 is 0 Å². The molecule has 0 bridgehead atoms. The first-order chi connectivity index (χ1) is 7.14. The average molecular weight is 227 g/mol. The van der Waals surface area contributed by atoms with E-state index in [-0.39, 0.29) is 11.5 Å². The largest absolute Gasteiger partial charge is 0.264 e. The molecule has 1 heterocycles. The zero-order valence-electron chi connectivity index (χ0n) is 9.02. The molecular formula is C11H17NO2S. The summed E-state index contributed by atoms with van der Waals surface area (Å²) in [5, 5.41) is 0. The number of pyridine rings is 1. The minimum Gasteiger partial charge on any atom is -0.264 e. The van der Waals surface area contributed by atoms with E-state index in [0.29, 0.717) is 0 Å². The molecule has 0 fully saturated rings. The lowest BCUT2D eigenvalue weighted by Gasteiger charge is -2.03. The summed E-state index contributed by atoms with van der Waals surface area (Å²) >= 11 is 0. The summed E-state index contributed by atoms with van der Waals surface area (Å²) < 4.78 is 23.3. The molecule has 0 unspecified atom stereocenters. The molecule has 15 heavy (non-hydrogen) atoms. The highest BCUT2D eigenvalue weighted by atomic mass is 32.2. The molecule has 0 spiro atoms. The molecule has 0 aliphatic carbocycles. The summed E-state index contributed by atoms with van der Waals surface area (Å²) in [5.74, 6) is 0.403. The first kappa shape index (κ1) is 12.2. The van der Waals surface area contributed by atoms with E-state index >= 15 is 0 Å². The van der Waals surface area contributed by atoms with Crippen LogP contribution in [-0.2, 0) is 15.6 Å². The van der Waals surface area contributed by atoms with Crippen LogP contribution in [0.2, 0.25) is 0 Å². The molecule has 0 saturated carbocycles. The lowest BCUT2D eigenvalue weighted by molar-refractivity contribution is 0.590. The Labute approximate surface area is 91.5 Å². The molecule has 0 radical (unpaired) electrons. The maximum atomic E-state index is 11.6. The Bertz CT molecular complexity index is 373. The summed E-state index contributed by atoms with van der Waals surface area (Å²) in [6.07, 6.45) is 6.04. The zero-order chi connectivity index (χ0) is 11.1. The van der Waals surface area contributed by atoms with Gasteiger partial charge in [-0.2, -0.15) is 0 Å². The third kappa shape index (κ3) is 4.93. The first-order valence-corrected chi connectivity index (χ1v) is 7.05. The van der Waals surface area contributed by atoms with E-state index in [4.69, 9.17) is 0 Å². The van der Waals surface area contributed by atoms with Crippen molar-refractivity contribution in [3.8, 4) is 0 Å². The van der Waals surface area contributed by atoms with Gasteiger partial charge in [0.15, 0.2) is 9.84 Å². The van der Waals surface area contributed by atoms with E-state index in [1.807, 2.05) is 0 Å². The monoisotopic (exact) mass is 227 g/mol. The number of rotatable bonds is 6. The number of hydrogen-bond acceptors (Lipinski definition) is 3. The predicted octanol–water partition coefficient (Wildman–Crippen LogP) is 2.19. The molecule has 1 aromatic rings. The van der Waals surface area contributed by atoms with Crippen LogP contribution in [0.1, 0.15) is 31.7 Å². The van der Waals surface area contributed by atoms with Crippen LogP contribution in [0.5, 0.6) is 0 Å². The minimum absolute atomic E-state index is 0.116. The first-order valence-electron chi connectivity index (χ1n) is 5.23. The van der Waals surface area contributed by atoms with E-state index in [1.165, 1.54) is 0 Å². The molecule has 0 N–H and O–H groups in total. The van der Waals surface area contributed by atoms with E-state index in [1.54, 1.807) is 24.5 Å². The SMILES string of the molecule is CCCCCS(=O)(=O)Cc1cccnc1. The third-order valence-electron chi connectivity index (χ3n) is 2.17. The van der Waals surface area contributed by atoms with E-state index < -0.39 is 9.84 Å². The van der Waals surface area contributed by atoms with Crippen molar-refractivity contribution in [2.75, 3.05) is 5.75 Å². The van der Waals surface area contributed by atoms with Gasteiger partial charge in [0.05, 0.1) is 11.5 Å². The van der Waals surface area contributed by atoms with Crippen LogP contribution >= 0.6 is 0 Å². The van der Waals surface area contributed by atoms with Crippen molar-refractivity contribution < 1.29 is 8.42 Å². The molecule has 1 rings (SSSR count). The lowest BCUT2D eigenvalue weighted by atomic mass is 10.3. The van der Waals surface area contributed by atoms with Crippen molar-refractivity contribution in [3.05, 3.63) is 30.1 Å². The normalized spacial score (nSPS) is 11.5. The molecule has 1 aromatic heterocycles. The maximum Gasteiger partial charge on any atom is 0.154 e. The summed E-state index contributed by atoms with van der Waals surface area (Å²) in [5.41, 5.74) is 0.772. The van der Waals surface area contributed by atoms with Crippen molar-refractivity contribution in [3.63, 3.8) is 0 Å². The second kappa shape index (κ2) is 5.85. The molecule has 4 heteroatoms. The Balaban J connectivity index is 2.50. The third-order valence-corrected chi connectivity index (χ3v) is 3.85. The Kier molecular flexibility index (Phi) is 4.75. The second-order valence-corrected chi connectivity index (χ2v) is 5.84. The zero-order valence-corrected chi connectivity index (χ0v) is 9.83. The average Bonchev–Trinajstić information content (AvgIpc) is 2.18. The summed E-state index contributed by atoms with van der Waals surface area (Å²) in [7, 11) is -2.95. The Morgan fingerprint density at radius 2 is 2.13 bits per heavy atom. The Hall–Kier alpha value is -0.900. The number of unbranched alkanes of at least 4 members (excludes halogenated alkanes) is 2. The molecule has 0 amide bonds. The van der Waals surface area contributed by atoms with Crippen LogP contribution < -0.4 is 0 Å². The highest BCUT2D eigenvalue weighted by Gasteiger charge is 2.11. The van der Waals surface area contributed by atoms with E-state index in [2.05, 4.69) is 11.9 Å². The van der Waals surface area contributed by atoms with Crippen LogP contribution in [0.4, 0.5) is 0 Å². The number of sulfone groups is 1. The van der Waals surface area contributed by atoms with E-state index in [9.17, 15) is 8.42 Å². The highest BCUT2D eigenvalue weighted by molar-refractivity contribution is 7.90. The number of aromatic nitrogens is 1. The van der Waals surface area contributed by atoms with Gasteiger partial charge in [-0.25, -0.2) is 8.42 Å². The van der Waals surface area contributed by atoms with Gasteiger partial charge < -0.3 is 0 Å². The molecule has 0 aliphatic rings. The smallest absolute Gasteiger partial charge is 0.154 e. The quantitative estimate of drug-likeness (QED) is 0.700. The standard InChI is InChI=1S/C11H17NO2S/c1-2-3-4-8-15(13,14)10-11-6-5-7-12-9-11/h5-7,9H,2-4,8,10H2,1H3. The molecule has 0 aliphatic heterocycles. The lowest BCUT2D eigenvalue weighted by Crippen LogP contribution is -2.09. The van der Waals surface area contributed by atoms with Gasteiger partial charge in [-0.15, -0.1) is 0 Å². The van der Waals surface area contributed by atoms with Crippen LogP contribution in [-0.4, -0.2) is 19.2 Å². The summed E-state index contributed by atoms with van der Waals surface area (Å²) in [6, 6.07) is 3.56. The molecule has 0 atom stereocenters. The van der Waals surface area contributed by atoms with Crippen LogP contribution in [0.15, 0.2) is 24.5 Å². The fraction of sp³-hybridized carbons (Fsp3) is 0.545. The molecule has 3 nitrogen and oxygen atoms in total. The van der Waals surface area contributed by atoms with Gasteiger partial charge in [0.2, 0.25) is 0 Å². The van der Waals surface area contributed by atoms with Gasteiger partial charge in [-0.3, -0.25) is 4.98 Å². The van der Waals surface area contributed by atoms with Crippen LogP contribution in [0, 0.1) is 0 Å². The Morgan fingerprint density at radius 1 is 1.33 bits per heavy atom. The molecular weight excluding hydrogens is 210 g/mol. The predicted molar refractivity (Wildman–Crippen MR) is 61.3 cm³/mol. The number of hydrogen-bond donors (Lipinski definition) is 0. The fourth-order valence-corrected chi connectivity index (χ4v) is 2.85. The van der Waals surface area contributed by atoms with Gasteiger partial charge in [-0.05, 0) is 18.1 Å². The molecule has 0 aromatic carbocycles. The van der Waals surface area contributed by atoms with Gasteiger partial charge in [0, 0.05) is 12.4 Å². The van der Waals surface area contributed by atoms with Gasteiger partial charge in [-0.1, -0.05) is 25.8 Å². The van der Waals surface area contributed by atoms with Crippen LogP contribution in [0.3, 0.4) is 0 Å². The Morgan fingerprint density at radius 3 is 2.73 bits per heavy atom. The topological polar surface area (TPSA) is 47.0 Å². The van der Waals surface area contributed by atoms with Crippen molar-refractivity contribution in [1.29, 1.82) is 0 Å². The maximum absolute atomic E-state index is 11.6. The van der Waals surface area contributed by atoms with E-state index in [0.717, 1.165) is 24.8 Å². The highest BCUT2D eigenvalue weighted by Crippen LogP contribution is 2.07. The number of nitrogens with zero attached hydrogens (tertiary/aromatic N) is 1. The van der Waals surface area contributed by atoms with Gasteiger partial charge in [0.1, 0.15) is 0 Å².